The molecule has 1 atom stereocenters. The van der Waals surface area contributed by atoms with E-state index in [0.717, 1.165) is 43.3 Å². The molecule has 0 bridgehead atoms. The van der Waals surface area contributed by atoms with Crippen LogP contribution in [0.4, 0.5) is 0 Å². The van der Waals surface area contributed by atoms with E-state index in [0.29, 0.717) is 31.0 Å². The van der Waals surface area contributed by atoms with Crippen LogP contribution in [0.1, 0.15) is 48.7 Å². The van der Waals surface area contributed by atoms with Gasteiger partial charge in [0.2, 0.25) is 5.91 Å². The summed E-state index contributed by atoms with van der Waals surface area (Å²) >= 11 is 0. The lowest BCUT2D eigenvalue weighted by molar-refractivity contribution is -0.147. The number of amides is 2. The van der Waals surface area contributed by atoms with Gasteiger partial charge in [0.15, 0.2) is 5.65 Å². The molecule has 8 nitrogen and oxygen atoms in total. The molecule has 156 valence electrons. The minimum absolute atomic E-state index is 0.0588. The molecule has 1 N–H and O–H groups in total. The second-order valence-electron chi connectivity index (χ2n) is 8.60. The van der Waals surface area contributed by atoms with Crippen LogP contribution in [0.2, 0.25) is 0 Å². The molecule has 4 heterocycles. The predicted octanol–water partition coefficient (Wildman–Crippen LogP) is 2.15. The molecule has 1 unspecified atom stereocenters. The molecule has 0 spiro atoms. The number of aryl methyl sites for hydroxylation is 1. The number of rotatable bonds is 4. The first-order valence-electron chi connectivity index (χ1n) is 10.3. The Hall–Kier alpha value is -2.48. The molecule has 0 radical (unpaired) electrons. The summed E-state index contributed by atoms with van der Waals surface area (Å²) in [7, 11) is 1.80. The standard InChI is InChI=1S/C21H29N5O3/c1-14-17-11-15(12-22-18(17)24-23-14)19(27)25(3)13-16-5-4-8-26(16)20(28)21(2)6-9-29-10-7-21/h11-12,16H,4-10,13H2,1-3H3,(H,22,23,24). The molecule has 4 rings (SSSR count). The van der Waals surface area contributed by atoms with Gasteiger partial charge >= 0.3 is 0 Å². The average Bonchev–Trinajstić information content (AvgIpc) is 3.33. The van der Waals surface area contributed by atoms with Gasteiger partial charge in [0.1, 0.15) is 0 Å². The summed E-state index contributed by atoms with van der Waals surface area (Å²) in [4.78, 5) is 34.2. The molecule has 2 aliphatic heterocycles. The molecule has 2 aromatic heterocycles. The SMILES string of the molecule is Cc1[nH]nc2ncc(C(=O)N(C)CC3CCCN3C(=O)C3(C)CCOCC3)cc12. The molecule has 0 aliphatic carbocycles. The maximum Gasteiger partial charge on any atom is 0.255 e. The summed E-state index contributed by atoms with van der Waals surface area (Å²) in [5, 5.41) is 7.86. The third kappa shape index (κ3) is 3.73. The monoisotopic (exact) mass is 399 g/mol. The van der Waals surface area contributed by atoms with Crippen molar-refractivity contribution in [3.05, 3.63) is 23.5 Å². The van der Waals surface area contributed by atoms with Crippen LogP contribution in [0.5, 0.6) is 0 Å². The Kier molecular flexibility index (Phi) is 5.29. The number of fused-ring (bicyclic) bond motifs is 1. The number of hydrogen-bond acceptors (Lipinski definition) is 5. The van der Waals surface area contributed by atoms with Crippen molar-refractivity contribution in [3.8, 4) is 0 Å². The van der Waals surface area contributed by atoms with E-state index < -0.39 is 0 Å². The normalized spacial score (nSPS) is 21.5. The molecule has 0 aromatic carbocycles. The Morgan fingerprint density at radius 3 is 2.90 bits per heavy atom. The zero-order valence-corrected chi connectivity index (χ0v) is 17.4. The molecule has 2 saturated heterocycles. The second-order valence-corrected chi connectivity index (χ2v) is 8.60. The van der Waals surface area contributed by atoms with Crippen LogP contribution >= 0.6 is 0 Å². The summed E-state index contributed by atoms with van der Waals surface area (Å²) in [5.74, 6) is 0.123. The third-order valence-electron chi connectivity index (χ3n) is 6.43. The highest BCUT2D eigenvalue weighted by Crippen LogP contribution is 2.34. The molecule has 2 amide bonds. The highest BCUT2D eigenvalue weighted by Gasteiger charge is 2.42. The van der Waals surface area contributed by atoms with Crippen molar-refractivity contribution in [2.75, 3.05) is 33.4 Å². The number of aromatic nitrogens is 3. The van der Waals surface area contributed by atoms with Crippen LogP contribution in [0, 0.1) is 12.3 Å². The van der Waals surface area contributed by atoms with Crippen molar-refractivity contribution in [2.24, 2.45) is 5.41 Å². The van der Waals surface area contributed by atoms with E-state index in [1.165, 1.54) is 0 Å². The number of carbonyl (C=O) groups excluding carboxylic acids is 2. The number of carbonyl (C=O) groups is 2. The van der Waals surface area contributed by atoms with Gasteiger partial charge in [-0.1, -0.05) is 6.92 Å². The lowest BCUT2D eigenvalue weighted by atomic mass is 9.81. The molecule has 2 aliphatic rings. The smallest absolute Gasteiger partial charge is 0.255 e. The Balaban J connectivity index is 1.46. The van der Waals surface area contributed by atoms with Crippen LogP contribution in [0.25, 0.3) is 11.0 Å². The molecule has 0 saturated carbocycles. The minimum Gasteiger partial charge on any atom is -0.381 e. The first kappa shape index (κ1) is 19.8. The van der Waals surface area contributed by atoms with E-state index in [-0.39, 0.29) is 23.3 Å². The highest BCUT2D eigenvalue weighted by atomic mass is 16.5. The zero-order chi connectivity index (χ0) is 20.6. The largest absolute Gasteiger partial charge is 0.381 e. The van der Waals surface area contributed by atoms with Crippen LogP contribution in [-0.4, -0.2) is 76.2 Å². The van der Waals surface area contributed by atoms with Crippen LogP contribution in [-0.2, 0) is 9.53 Å². The van der Waals surface area contributed by atoms with Crippen molar-refractivity contribution < 1.29 is 14.3 Å². The van der Waals surface area contributed by atoms with Gasteiger partial charge in [0, 0.05) is 56.7 Å². The van der Waals surface area contributed by atoms with Crippen molar-refractivity contribution in [3.63, 3.8) is 0 Å². The lowest BCUT2D eigenvalue weighted by Crippen LogP contribution is -2.50. The second kappa shape index (κ2) is 7.74. The number of nitrogens with zero attached hydrogens (tertiary/aromatic N) is 4. The van der Waals surface area contributed by atoms with E-state index in [1.807, 2.05) is 17.9 Å². The maximum atomic E-state index is 13.3. The maximum absolute atomic E-state index is 13.3. The fourth-order valence-electron chi connectivity index (χ4n) is 4.43. The van der Waals surface area contributed by atoms with E-state index in [1.54, 1.807) is 18.1 Å². The number of H-pyrrole nitrogens is 1. The number of nitrogens with one attached hydrogen (secondary N) is 1. The summed E-state index contributed by atoms with van der Waals surface area (Å²) in [6, 6.07) is 1.89. The summed E-state index contributed by atoms with van der Waals surface area (Å²) in [6.45, 7) is 6.54. The Morgan fingerprint density at radius 2 is 2.14 bits per heavy atom. The Labute approximate surface area is 170 Å². The highest BCUT2D eigenvalue weighted by molar-refractivity contribution is 5.97. The van der Waals surface area contributed by atoms with Gasteiger partial charge < -0.3 is 14.5 Å². The minimum atomic E-state index is -0.350. The van der Waals surface area contributed by atoms with Gasteiger partial charge in [-0.3, -0.25) is 14.7 Å². The topological polar surface area (TPSA) is 91.4 Å². The van der Waals surface area contributed by atoms with Crippen LogP contribution in [0.3, 0.4) is 0 Å². The number of likely N-dealkylation sites (tertiary alicyclic amines) is 1. The van der Waals surface area contributed by atoms with Crippen molar-refractivity contribution in [1.29, 1.82) is 0 Å². The molecule has 2 fully saturated rings. The van der Waals surface area contributed by atoms with Gasteiger partial charge in [-0.25, -0.2) is 4.98 Å². The number of aromatic amines is 1. The van der Waals surface area contributed by atoms with Crippen molar-refractivity contribution >= 4 is 22.8 Å². The zero-order valence-electron chi connectivity index (χ0n) is 17.4. The number of hydrogen-bond donors (Lipinski definition) is 1. The number of pyridine rings is 1. The van der Waals surface area contributed by atoms with E-state index in [9.17, 15) is 9.59 Å². The number of ether oxygens (including phenoxy) is 1. The van der Waals surface area contributed by atoms with E-state index >= 15 is 0 Å². The Morgan fingerprint density at radius 1 is 1.38 bits per heavy atom. The van der Waals surface area contributed by atoms with Crippen molar-refractivity contribution in [2.45, 2.75) is 45.6 Å². The van der Waals surface area contributed by atoms with Crippen LogP contribution in [0.15, 0.2) is 12.3 Å². The molecule has 2 aromatic rings. The molecular weight excluding hydrogens is 370 g/mol. The molecular formula is C21H29N5O3. The predicted molar refractivity (Wildman–Crippen MR) is 108 cm³/mol. The summed E-state index contributed by atoms with van der Waals surface area (Å²) in [5.41, 5.74) is 1.69. The van der Waals surface area contributed by atoms with Gasteiger partial charge in [-0.2, -0.15) is 5.10 Å². The first-order valence-corrected chi connectivity index (χ1v) is 10.3. The van der Waals surface area contributed by atoms with Crippen molar-refractivity contribution in [1.82, 2.24) is 25.0 Å². The first-order chi connectivity index (χ1) is 13.9. The fourth-order valence-corrected chi connectivity index (χ4v) is 4.43. The quantitative estimate of drug-likeness (QED) is 0.851. The number of likely N-dealkylation sites (N-methyl/N-ethyl adjacent to an activating group) is 1. The molecule has 29 heavy (non-hydrogen) atoms. The summed E-state index contributed by atoms with van der Waals surface area (Å²) in [6.07, 6.45) is 5.00. The fraction of sp³-hybridized carbons (Fsp3) is 0.619. The summed E-state index contributed by atoms with van der Waals surface area (Å²) < 4.78 is 5.45. The van der Waals surface area contributed by atoms with Gasteiger partial charge in [0.25, 0.3) is 5.91 Å². The van der Waals surface area contributed by atoms with E-state index in [4.69, 9.17) is 4.74 Å². The van der Waals surface area contributed by atoms with Gasteiger partial charge in [0.05, 0.1) is 11.0 Å². The third-order valence-corrected chi connectivity index (χ3v) is 6.43. The lowest BCUT2D eigenvalue weighted by Gasteiger charge is -2.38. The van der Waals surface area contributed by atoms with E-state index in [2.05, 4.69) is 22.1 Å². The van der Waals surface area contributed by atoms with Gasteiger partial charge in [-0.15, -0.1) is 0 Å². The molecule has 8 heteroatoms. The van der Waals surface area contributed by atoms with Crippen LogP contribution < -0.4 is 0 Å². The van der Waals surface area contributed by atoms with Gasteiger partial charge in [-0.05, 0) is 38.7 Å². The Bertz CT molecular complexity index is 918. The average molecular weight is 399 g/mol.